The summed E-state index contributed by atoms with van der Waals surface area (Å²) in [5, 5.41) is 0. The Bertz CT molecular complexity index is 423. The summed E-state index contributed by atoms with van der Waals surface area (Å²) in [6, 6.07) is 4.13. The Kier molecular flexibility index (Phi) is 5.52. The minimum Gasteiger partial charge on any atom is -0.486 e. The van der Waals surface area contributed by atoms with Gasteiger partial charge in [0.2, 0.25) is 0 Å². The van der Waals surface area contributed by atoms with Crippen molar-refractivity contribution in [3.63, 3.8) is 0 Å². The van der Waals surface area contributed by atoms with E-state index in [0.29, 0.717) is 13.2 Å². The first-order valence-corrected chi connectivity index (χ1v) is 7.84. The normalized spacial score (nSPS) is 13.9. The maximum absolute atomic E-state index is 5.65. The molecule has 1 aliphatic rings. The average molecular weight is 328 g/mol. The second kappa shape index (κ2) is 7.15. The van der Waals surface area contributed by atoms with Crippen LogP contribution in [0.1, 0.15) is 32.3 Å². The summed E-state index contributed by atoms with van der Waals surface area (Å²) in [4.78, 5) is 2.46. The topological polar surface area (TPSA) is 21.7 Å². The van der Waals surface area contributed by atoms with Crippen LogP contribution < -0.4 is 9.47 Å². The van der Waals surface area contributed by atoms with Gasteiger partial charge in [-0.25, -0.2) is 0 Å². The van der Waals surface area contributed by atoms with Crippen LogP contribution in [0.4, 0.5) is 0 Å². The molecule has 0 aliphatic carbocycles. The molecule has 0 saturated carbocycles. The van der Waals surface area contributed by atoms with Gasteiger partial charge in [-0.1, -0.05) is 36.2 Å². The summed E-state index contributed by atoms with van der Waals surface area (Å²) < 4.78 is 12.3. The number of nitrogens with zero attached hydrogens (tertiary/aromatic N) is 1. The molecule has 1 aromatic rings. The molecule has 0 unspecified atom stereocenters. The molecule has 0 fully saturated rings. The van der Waals surface area contributed by atoms with Crippen LogP contribution >= 0.6 is 15.9 Å². The fraction of sp³-hybridized carbons (Fsp3) is 0.600. The van der Waals surface area contributed by atoms with E-state index in [9.17, 15) is 0 Å². The predicted molar refractivity (Wildman–Crippen MR) is 81.0 cm³/mol. The number of halogens is 1. The van der Waals surface area contributed by atoms with Crippen LogP contribution in [0.3, 0.4) is 0 Å². The van der Waals surface area contributed by atoms with Gasteiger partial charge in [-0.2, -0.15) is 0 Å². The van der Waals surface area contributed by atoms with E-state index < -0.39 is 0 Å². The van der Waals surface area contributed by atoms with E-state index in [4.69, 9.17) is 9.47 Å². The Morgan fingerprint density at radius 1 is 1.16 bits per heavy atom. The SMILES string of the molecule is CCCCN(CC)Cc1cc2c(cc1Br)OCCO2. The molecule has 0 bridgehead atoms. The van der Waals surface area contributed by atoms with Crippen molar-refractivity contribution in [1.82, 2.24) is 4.90 Å². The molecule has 4 heteroatoms. The van der Waals surface area contributed by atoms with Crippen LogP contribution in [-0.4, -0.2) is 31.2 Å². The first kappa shape index (κ1) is 14.7. The van der Waals surface area contributed by atoms with Gasteiger partial charge in [0.15, 0.2) is 11.5 Å². The first-order chi connectivity index (χ1) is 9.24. The molecule has 1 heterocycles. The highest BCUT2D eigenvalue weighted by atomic mass is 79.9. The Labute approximate surface area is 124 Å². The third kappa shape index (κ3) is 3.86. The fourth-order valence-electron chi connectivity index (χ4n) is 2.20. The van der Waals surface area contributed by atoms with Crippen molar-refractivity contribution in [2.75, 3.05) is 26.3 Å². The minimum absolute atomic E-state index is 0.635. The van der Waals surface area contributed by atoms with Crippen LogP contribution in [0.15, 0.2) is 16.6 Å². The van der Waals surface area contributed by atoms with E-state index in [1.165, 1.54) is 18.4 Å². The molecule has 0 N–H and O–H groups in total. The van der Waals surface area contributed by atoms with Crippen molar-refractivity contribution in [3.05, 3.63) is 22.2 Å². The molecule has 2 rings (SSSR count). The van der Waals surface area contributed by atoms with Crippen molar-refractivity contribution in [2.24, 2.45) is 0 Å². The van der Waals surface area contributed by atoms with Crippen molar-refractivity contribution in [3.8, 4) is 11.5 Å². The molecule has 0 atom stereocenters. The molecular weight excluding hydrogens is 306 g/mol. The number of benzene rings is 1. The first-order valence-electron chi connectivity index (χ1n) is 7.05. The molecule has 3 nitrogen and oxygen atoms in total. The van der Waals surface area contributed by atoms with Crippen LogP contribution in [0, 0.1) is 0 Å². The molecule has 0 saturated heterocycles. The van der Waals surface area contributed by atoms with Crippen molar-refractivity contribution >= 4 is 15.9 Å². The number of hydrogen-bond acceptors (Lipinski definition) is 3. The van der Waals surface area contributed by atoms with Gasteiger partial charge in [0.05, 0.1) is 0 Å². The predicted octanol–water partition coefficient (Wildman–Crippen LogP) is 3.84. The van der Waals surface area contributed by atoms with Crippen molar-refractivity contribution in [2.45, 2.75) is 33.2 Å². The maximum Gasteiger partial charge on any atom is 0.162 e. The van der Waals surface area contributed by atoms with Gasteiger partial charge in [-0.15, -0.1) is 0 Å². The second-order valence-electron chi connectivity index (χ2n) is 4.81. The Hall–Kier alpha value is -0.740. The molecule has 106 valence electrons. The lowest BCUT2D eigenvalue weighted by atomic mass is 10.1. The van der Waals surface area contributed by atoms with Crippen molar-refractivity contribution < 1.29 is 9.47 Å². The highest BCUT2D eigenvalue weighted by Crippen LogP contribution is 2.36. The van der Waals surface area contributed by atoms with Crippen LogP contribution in [0.5, 0.6) is 11.5 Å². The van der Waals surface area contributed by atoms with Crippen LogP contribution in [0.25, 0.3) is 0 Å². The lowest BCUT2D eigenvalue weighted by molar-refractivity contribution is 0.171. The summed E-state index contributed by atoms with van der Waals surface area (Å²) in [5.74, 6) is 1.72. The van der Waals surface area contributed by atoms with E-state index >= 15 is 0 Å². The summed E-state index contributed by atoms with van der Waals surface area (Å²) in [6.45, 7) is 8.88. The van der Waals surface area contributed by atoms with Gasteiger partial charge in [-0.05, 0) is 37.2 Å². The number of hydrogen-bond donors (Lipinski definition) is 0. The molecule has 0 amide bonds. The smallest absolute Gasteiger partial charge is 0.162 e. The maximum atomic E-state index is 5.65. The van der Waals surface area contributed by atoms with E-state index in [1.807, 2.05) is 6.07 Å². The lowest BCUT2D eigenvalue weighted by Crippen LogP contribution is -2.24. The van der Waals surface area contributed by atoms with Crippen molar-refractivity contribution in [1.29, 1.82) is 0 Å². The number of fused-ring (bicyclic) bond motifs is 1. The lowest BCUT2D eigenvalue weighted by Gasteiger charge is -2.23. The van der Waals surface area contributed by atoms with Crippen LogP contribution in [0.2, 0.25) is 0 Å². The zero-order chi connectivity index (χ0) is 13.7. The van der Waals surface area contributed by atoms with Gasteiger partial charge in [-0.3, -0.25) is 4.90 Å². The molecule has 0 spiro atoms. The molecule has 19 heavy (non-hydrogen) atoms. The minimum atomic E-state index is 0.635. The molecule has 1 aliphatic heterocycles. The number of ether oxygens (including phenoxy) is 2. The van der Waals surface area contributed by atoms with E-state index in [1.54, 1.807) is 0 Å². The molecule has 0 radical (unpaired) electrons. The van der Waals surface area contributed by atoms with E-state index in [2.05, 4.69) is 40.7 Å². The van der Waals surface area contributed by atoms with E-state index in [-0.39, 0.29) is 0 Å². The number of unbranched alkanes of at least 4 members (excludes halogenated alkanes) is 1. The Morgan fingerprint density at radius 2 is 1.84 bits per heavy atom. The fourth-order valence-corrected chi connectivity index (χ4v) is 2.65. The molecule has 0 aromatic heterocycles. The summed E-state index contributed by atoms with van der Waals surface area (Å²) >= 11 is 3.64. The highest BCUT2D eigenvalue weighted by molar-refractivity contribution is 9.10. The van der Waals surface area contributed by atoms with E-state index in [0.717, 1.165) is 35.6 Å². The van der Waals surface area contributed by atoms with Gasteiger partial charge < -0.3 is 9.47 Å². The average Bonchev–Trinajstić information content (AvgIpc) is 2.43. The van der Waals surface area contributed by atoms with Crippen LogP contribution in [-0.2, 0) is 6.54 Å². The zero-order valence-electron chi connectivity index (χ0n) is 11.7. The van der Waals surface area contributed by atoms with Gasteiger partial charge >= 0.3 is 0 Å². The summed E-state index contributed by atoms with van der Waals surface area (Å²) in [5.41, 5.74) is 1.27. The third-order valence-electron chi connectivity index (χ3n) is 3.38. The highest BCUT2D eigenvalue weighted by Gasteiger charge is 2.16. The van der Waals surface area contributed by atoms with Gasteiger partial charge in [0.1, 0.15) is 13.2 Å². The van der Waals surface area contributed by atoms with Gasteiger partial charge in [0, 0.05) is 11.0 Å². The molecular formula is C15H22BrNO2. The monoisotopic (exact) mass is 327 g/mol. The Balaban J connectivity index is 2.10. The zero-order valence-corrected chi connectivity index (χ0v) is 13.3. The summed E-state index contributed by atoms with van der Waals surface area (Å²) in [6.07, 6.45) is 2.48. The molecule has 1 aromatic carbocycles. The number of rotatable bonds is 6. The summed E-state index contributed by atoms with van der Waals surface area (Å²) in [7, 11) is 0. The quantitative estimate of drug-likeness (QED) is 0.792. The third-order valence-corrected chi connectivity index (χ3v) is 4.12. The standard InChI is InChI=1S/C15H22BrNO2/c1-3-5-6-17(4-2)11-12-9-14-15(10-13(12)16)19-8-7-18-14/h9-10H,3-8,11H2,1-2H3. The van der Waals surface area contributed by atoms with Gasteiger partial charge in [0.25, 0.3) is 0 Å². The largest absolute Gasteiger partial charge is 0.486 e. The Morgan fingerprint density at radius 3 is 2.47 bits per heavy atom. The second-order valence-corrected chi connectivity index (χ2v) is 5.66.